The van der Waals surface area contributed by atoms with Gasteiger partial charge in [-0.3, -0.25) is 0 Å². The average Bonchev–Trinajstić information content (AvgIpc) is 2.03. The van der Waals surface area contributed by atoms with E-state index in [1.54, 1.807) is 0 Å². The molecule has 1 aromatic rings. The summed E-state index contributed by atoms with van der Waals surface area (Å²) >= 11 is 0. The number of aromatic carboxylic acids is 2. The summed E-state index contributed by atoms with van der Waals surface area (Å²) in [5, 5.41) is 26.0. The lowest BCUT2D eigenvalue weighted by molar-refractivity contribution is 0.0678. The molecule has 0 unspecified atom stereocenters. The monoisotopic (exact) mass is 182 g/mol. The molecule has 0 saturated carbocycles. The minimum absolute atomic E-state index is 0.150. The van der Waals surface area contributed by atoms with Crippen LogP contribution in [0.4, 0.5) is 0 Å². The fraction of sp³-hybridized carbons (Fsp3) is 0. The van der Waals surface area contributed by atoms with Gasteiger partial charge in [0.2, 0.25) is 0 Å². The molecule has 5 heteroatoms. The van der Waals surface area contributed by atoms with Crippen molar-refractivity contribution in [3.63, 3.8) is 0 Å². The van der Waals surface area contributed by atoms with Gasteiger partial charge in [0.25, 0.3) is 0 Å². The fourth-order valence-electron chi connectivity index (χ4n) is 0.846. The summed E-state index contributed by atoms with van der Waals surface area (Å²) in [5.41, 5.74) is -0.465. The van der Waals surface area contributed by atoms with Gasteiger partial charge in [0, 0.05) is 0 Å². The predicted octanol–water partition coefficient (Wildman–Crippen LogP) is 0.789. The number of hydrogen-bond donors (Lipinski definition) is 3. The van der Waals surface area contributed by atoms with E-state index in [1.807, 2.05) is 0 Å². The van der Waals surface area contributed by atoms with E-state index in [9.17, 15) is 9.59 Å². The second kappa shape index (κ2) is 3.14. The zero-order valence-electron chi connectivity index (χ0n) is 6.39. The minimum atomic E-state index is -1.30. The number of aromatic hydroxyl groups is 1. The van der Waals surface area contributed by atoms with Crippen LogP contribution in [0.15, 0.2) is 18.2 Å². The lowest BCUT2D eigenvalue weighted by atomic mass is 10.1. The molecule has 68 valence electrons. The normalized spacial score (nSPS) is 9.54. The molecule has 1 rings (SSSR count). The Morgan fingerprint density at radius 2 is 1.69 bits per heavy atom. The van der Waals surface area contributed by atoms with Crippen molar-refractivity contribution in [3.8, 4) is 5.75 Å². The van der Waals surface area contributed by atoms with Crippen molar-refractivity contribution in [2.45, 2.75) is 0 Å². The van der Waals surface area contributed by atoms with E-state index in [4.69, 9.17) is 15.3 Å². The van der Waals surface area contributed by atoms with E-state index in [2.05, 4.69) is 0 Å². The van der Waals surface area contributed by atoms with E-state index in [0.29, 0.717) is 0 Å². The Bertz CT molecular complexity index is 369. The molecule has 0 aromatic heterocycles. The quantitative estimate of drug-likeness (QED) is 0.628. The van der Waals surface area contributed by atoms with Gasteiger partial charge in [0.05, 0.1) is 5.56 Å². The van der Waals surface area contributed by atoms with Gasteiger partial charge in [-0.15, -0.1) is 0 Å². The second-order valence-corrected chi connectivity index (χ2v) is 2.34. The summed E-state index contributed by atoms with van der Waals surface area (Å²) in [7, 11) is 0. The minimum Gasteiger partial charge on any atom is -0.507 e. The molecule has 0 aliphatic carbocycles. The number of carbonyl (C=O) groups is 2. The van der Waals surface area contributed by atoms with Crippen LogP contribution in [0.25, 0.3) is 0 Å². The highest BCUT2D eigenvalue weighted by Gasteiger charge is 2.11. The number of carboxylic acid groups (broad SMARTS) is 2. The highest BCUT2D eigenvalue weighted by molar-refractivity contribution is 5.94. The molecule has 0 bridgehead atoms. The van der Waals surface area contributed by atoms with Crippen molar-refractivity contribution in [1.29, 1.82) is 0 Å². The molecular formula is C8H6O5. The molecule has 0 spiro atoms. The zero-order chi connectivity index (χ0) is 10.0. The summed E-state index contributed by atoms with van der Waals surface area (Å²) in [6, 6.07) is 3.05. The van der Waals surface area contributed by atoms with E-state index in [1.165, 1.54) is 0 Å². The van der Waals surface area contributed by atoms with Crippen LogP contribution in [0, 0.1) is 0 Å². The van der Waals surface area contributed by atoms with E-state index < -0.39 is 17.7 Å². The van der Waals surface area contributed by atoms with Crippen molar-refractivity contribution < 1.29 is 24.9 Å². The molecule has 0 aliphatic rings. The van der Waals surface area contributed by atoms with Crippen LogP contribution in [0.1, 0.15) is 20.7 Å². The Morgan fingerprint density at radius 1 is 1.08 bits per heavy atom. The standard InChI is InChI=1S/C8H6O5/c9-6-3-4(7(10)11)1-2-5(6)8(12)13/h1-3,9H,(H,10,11)(H,12,13). The van der Waals surface area contributed by atoms with Gasteiger partial charge in [-0.05, 0) is 18.2 Å². The maximum atomic E-state index is 10.4. The third-order valence-corrected chi connectivity index (χ3v) is 1.48. The van der Waals surface area contributed by atoms with Crippen LogP contribution in [0.5, 0.6) is 5.75 Å². The summed E-state index contributed by atoms with van der Waals surface area (Å²) in [5.74, 6) is -3.06. The largest absolute Gasteiger partial charge is 0.507 e. The molecule has 1 aromatic carbocycles. The van der Waals surface area contributed by atoms with Crippen LogP contribution < -0.4 is 0 Å². The van der Waals surface area contributed by atoms with Crippen LogP contribution >= 0.6 is 0 Å². The maximum absolute atomic E-state index is 10.4. The maximum Gasteiger partial charge on any atom is 0.339 e. The highest BCUT2D eigenvalue weighted by Crippen LogP contribution is 2.18. The number of hydrogen-bond acceptors (Lipinski definition) is 3. The molecule has 5 nitrogen and oxygen atoms in total. The summed E-state index contributed by atoms with van der Waals surface area (Å²) in [6.45, 7) is 0. The fourth-order valence-corrected chi connectivity index (χ4v) is 0.846. The SMILES string of the molecule is O=C(O)c1ccc(C(=O)O)c(O)c1. The molecular weight excluding hydrogens is 176 g/mol. The van der Waals surface area contributed by atoms with E-state index >= 15 is 0 Å². The molecule has 0 saturated heterocycles. The van der Waals surface area contributed by atoms with Crippen molar-refractivity contribution in [2.75, 3.05) is 0 Å². The van der Waals surface area contributed by atoms with Gasteiger partial charge in [-0.2, -0.15) is 0 Å². The molecule has 0 aliphatic heterocycles. The third kappa shape index (κ3) is 1.76. The Kier molecular flexibility index (Phi) is 2.19. The Morgan fingerprint density at radius 3 is 2.08 bits per heavy atom. The van der Waals surface area contributed by atoms with Gasteiger partial charge in [0.15, 0.2) is 0 Å². The smallest absolute Gasteiger partial charge is 0.339 e. The molecule has 13 heavy (non-hydrogen) atoms. The zero-order valence-corrected chi connectivity index (χ0v) is 6.39. The van der Waals surface area contributed by atoms with Crippen molar-refractivity contribution >= 4 is 11.9 Å². The van der Waals surface area contributed by atoms with Crippen molar-refractivity contribution in [1.82, 2.24) is 0 Å². The molecule has 0 fully saturated rings. The number of benzene rings is 1. The van der Waals surface area contributed by atoms with Crippen LogP contribution in [-0.4, -0.2) is 27.3 Å². The third-order valence-electron chi connectivity index (χ3n) is 1.48. The van der Waals surface area contributed by atoms with Crippen LogP contribution in [0.3, 0.4) is 0 Å². The Balaban J connectivity index is 3.20. The lowest BCUT2D eigenvalue weighted by Crippen LogP contribution is -2.00. The van der Waals surface area contributed by atoms with Crippen LogP contribution in [-0.2, 0) is 0 Å². The van der Waals surface area contributed by atoms with Gasteiger partial charge in [-0.25, -0.2) is 9.59 Å². The summed E-state index contributed by atoms with van der Waals surface area (Å²) < 4.78 is 0. The summed E-state index contributed by atoms with van der Waals surface area (Å²) in [6.07, 6.45) is 0. The highest BCUT2D eigenvalue weighted by atomic mass is 16.4. The van der Waals surface area contributed by atoms with E-state index in [0.717, 1.165) is 18.2 Å². The molecule has 0 amide bonds. The summed E-state index contributed by atoms with van der Waals surface area (Å²) in [4.78, 5) is 20.8. The van der Waals surface area contributed by atoms with Gasteiger partial charge < -0.3 is 15.3 Å². The first kappa shape index (κ1) is 9.05. The van der Waals surface area contributed by atoms with Gasteiger partial charge in [-0.1, -0.05) is 0 Å². The Labute approximate surface area is 72.9 Å². The number of phenols is 1. The number of carboxylic acids is 2. The first-order chi connectivity index (χ1) is 6.02. The average molecular weight is 182 g/mol. The van der Waals surface area contributed by atoms with E-state index in [-0.39, 0.29) is 11.1 Å². The lowest BCUT2D eigenvalue weighted by Gasteiger charge is -1.99. The Hall–Kier alpha value is -2.04. The van der Waals surface area contributed by atoms with Crippen molar-refractivity contribution in [3.05, 3.63) is 29.3 Å². The predicted molar refractivity (Wildman–Crippen MR) is 42.0 cm³/mol. The molecule has 0 atom stereocenters. The number of rotatable bonds is 2. The van der Waals surface area contributed by atoms with Crippen molar-refractivity contribution in [2.24, 2.45) is 0 Å². The molecule has 0 heterocycles. The first-order valence-corrected chi connectivity index (χ1v) is 3.32. The van der Waals surface area contributed by atoms with Crippen LogP contribution in [0.2, 0.25) is 0 Å². The second-order valence-electron chi connectivity index (χ2n) is 2.34. The first-order valence-electron chi connectivity index (χ1n) is 3.32. The van der Waals surface area contributed by atoms with Gasteiger partial charge in [0.1, 0.15) is 11.3 Å². The molecule has 0 radical (unpaired) electrons. The topological polar surface area (TPSA) is 94.8 Å². The van der Waals surface area contributed by atoms with Gasteiger partial charge >= 0.3 is 11.9 Å². The molecule has 3 N–H and O–H groups in total.